The first-order valence-corrected chi connectivity index (χ1v) is 8.72. The minimum atomic E-state index is -0.382. The van der Waals surface area contributed by atoms with Crippen LogP contribution < -0.4 is 10.1 Å². The molecule has 5 heteroatoms. The molecular weight excluding hydrogens is 304 g/mol. The number of hydrogen-bond donors (Lipinski definition) is 1. The zero-order valence-electron chi connectivity index (χ0n) is 14.9. The minimum Gasteiger partial charge on any atom is -0.496 e. The molecule has 0 bridgehead atoms. The summed E-state index contributed by atoms with van der Waals surface area (Å²) in [6.07, 6.45) is 3.13. The second-order valence-corrected chi connectivity index (χ2v) is 6.72. The van der Waals surface area contributed by atoms with Gasteiger partial charge >= 0.3 is 0 Å². The van der Waals surface area contributed by atoms with E-state index in [0.29, 0.717) is 31.8 Å². The molecule has 1 aliphatic rings. The number of amides is 2. The van der Waals surface area contributed by atoms with Gasteiger partial charge in [-0.2, -0.15) is 0 Å². The predicted octanol–water partition coefficient (Wildman–Crippen LogP) is 2.74. The molecule has 1 heterocycles. The maximum absolute atomic E-state index is 12.8. The average molecular weight is 332 g/mol. The van der Waals surface area contributed by atoms with Crippen LogP contribution in [0.3, 0.4) is 0 Å². The third kappa shape index (κ3) is 4.73. The van der Waals surface area contributed by atoms with Gasteiger partial charge in [-0.3, -0.25) is 9.59 Å². The molecule has 1 unspecified atom stereocenters. The third-order valence-electron chi connectivity index (χ3n) is 4.38. The molecule has 2 amide bonds. The number of nitrogens with one attached hydrogen (secondary N) is 1. The first-order valence-electron chi connectivity index (χ1n) is 8.72. The Balaban J connectivity index is 2.05. The predicted molar refractivity (Wildman–Crippen MR) is 93.6 cm³/mol. The van der Waals surface area contributed by atoms with E-state index in [2.05, 4.69) is 19.2 Å². The van der Waals surface area contributed by atoms with Crippen molar-refractivity contribution in [2.45, 2.75) is 52.1 Å². The molecule has 0 aliphatic carbocycles. The lowest BCUT2D eigenvalue weighted by atomic mass is 9.98. The van der Waals surface area contributed by atoms with Gasteiger partial charge in [-0.05, 0) is 31.2 Å². The van der Waals surface area contributed by atoms with Gasteiger partial charge in [0, 0.05) is 25.1 Å². The molecule has 5 nitrogen and oxygen atoms in total. The number of nitrogens with zero attached hydrogens (tertiary/aromatic N) is 1. The Bertz CT molecular complexity index is 571. The molecule has 1 aromatic carbocycles. The Morgan fingerprint density at radius 1 is 1.29 bits per heavy atom. The van der Waals surface area contributed by atoms with E-state index in [1.807, 2.05) is 24.3 Å². The van der Waals surface area contributed by atoms with Crippen molar-refractivity contribution in [3.8, 4) is 5.75 Å². The van der Waals surface area contributed by atoms with E-state index in [9.17, 15) is 9.59 Å². The summed E-state index contributed by atoms with van der Waals surface area (Å²) in [4.78, 5) is 26.7. The Kier molecular flexibility index (Phi) is 6.64. The highest BCUT2D eigenvalue weighted by Gasteiger charge is 2.31. The molecule has 1 aromatic rings. The molecule has 1 fully saturated rings. The average Bonchev–Trinajstić information content (AvgIpc) is 2.58. The quantitative estimate of drug-likeness (QED) is 0.835. The SMILES string of the molecule is COc1ccccc1CNC(=O)C(CC(C)C)N1CCCCC1=O. The summed E-state index contributed by atoms with van der Waals surface area (Å²) in [7, 11) is 1.62. The lowest BCUT2D eigenvalue weighted by Crippen LogP contribution is -2.51. The third-order valence-corrected chi connectivity index (χ3v) is 4.38. The fourth-order valence-corrected chi connectivity index (χ4v) is 3.13. The van der Waals surface area contributed by atoms with Crippen LogP contribution in [0.1, 0.15) is 45.1 Å². The van der Waals surface area contributed by atoms with Crippen LogP contribution in [0.25, 0.3) is 0 Å². The highest BCUT2D eigenvalue weighted by atomic mass is 16.5. The number of para-hydroxylation sites is 1. The van der Waals surface area contributed by atoms with Crippen molar-refractivity contribution >= 4 is 11.8 Å². The standard InChI is InChI=1S/C19H28N2O3/c1-14(2)12-16(21-11-7-6-10-18(21)22)19(23)20-13-15-8-4-5-9-17(15)24-3/h4-5,8-9,14,16H,6-7,10-13H2,1-3H3,(H,20,23). The van der Waals surface area contributed by atoms with Crippen molar-refractivity contribution in [3.05, 3.63) is 29.8 Å². The Hall–Kier alpha value is -2.04. The number of likely N-dealkylation sites (tertiary alicyclic amines) is 1. The second-order valence-electron chi connectivity index (χ2n) is 6.72. The van der Waals surface area contributed by atoms with Gasteiger partial charge in [-0.15, -0.1) is 0 Å². The maximum atomic E-state index is 12.8. The minimum absolute atomic E-state index is 0.0788. The first kappa shape index (κ1) is 18.3. The van der Waals surface area contributed by atoms with Crippen LogP contribution in [-0.2, 0) is 16.1 Å². The van der Waals surface area contributed by atoms with E-state index in [0.717, 1.165) is 24.2 Å². The van der Waals surface area contributed by atoms with E-state index in [1.165, 1.54) is 0 Å². The van der Waals surface area contributed by atoms with Crippen LogP contribution in [0, 0.1) is 5.92 Å². The Morgan fingerprint density at radius 2 is 2.04 bits per heavy atom. The fourth-order valence-electron chi connectivity index (χ4n) is 3.13. The Labute approximate surface area is 144 Å². The molecule has 132 valence electrons. The molecule has 1 atom stereocenters. The number of carbonyl (C=O) groups excluding carboxylic acids is 2. The van der Waals surface area contributed by atoms with Gasteiger partial charge in [0.05, 0.1) is 7.11 Å². The van der Waals surface area contributed by atoms with E-state index in [4.69, 9.17) is 4.74 Å². The van der Waals surface area contributed by atoms with Crippen molar-refractivity contribution in [1.29, 1.82) is 0 Å². The van der Waals surface area contributed by atoms with Crippen molar-refractivity contribution in [2.75, 3.05) is 13.7 Å². The van der Waals surface area contributed by atoms with Gasteiger partial charge in [0.25, 0.3) is 0 Å². The molecule has 2 rings (SSSR count). The van der Waals surface area contributed by atoms with Crippen LogP contribution in [0.15, 0.2) is 24.3 Å². The fraction of sp³-hybridized carbons (Fsp3) is 0.579. The lowest BCUT2D eigenvalue weighted by molar-refractivity contribution is -0.143. The topological polar surface area (TPSA) is 58.6 Å². The van der Waals surface area contributed by atoms with E-state index < -0.39 is 0 Å². The summed E-state index contributed by atoms with van der Waals surface area (Å²) in [5, 5.41) is 2.98. The summed E-state index contributed by atoms with van der Waals surface area (Å²) in [6, 6.07) is 7.25. The number of piperidine rings is 1. The van der Waals surface area contributed by atoms with E-state index >= 15 is 0 Å². The van der Waals surface area contributed by atoms with Gasteiger partial charge in [-0.25, -0.2) is 0 Å². The molecule has 0 radical (unpaired) electrons. The first-order chi connectivity index (χ1) is 11.5. The molecule has 0 spiro atoms. The number of ether oxygens (including phenoxy) is 1. The van der Waals surface area contributed by atoms with Gasteiger partial charge in [0.15, 0.2) is 0 Å². The van der Waals surface area contributed by atoms with Crippen LogP contribution >= 0.6 is 0 Å². The zero-order valence-corrected chi connectivity index (χ0v) is 14.9. The molecule has 1 saturated heterocycles. The lowest BCUT2D eigenvalue weighted by Gasteiger charge is -2.34. The zero-order chi connectivity index (χ0) is 17.5. The van der Waals surface area contributed by atoms with Gasteiger partial charge < -0.3 is 15.0 Å². The van der Waals surface area contributed by atoms with Crippen LogP contribution in [0.4, 0.5) is 0 Å². The smallest absolute Gasteiger partial charge is 0.243 e. The van der Waals surface area contributed by atoms with Gasteiger partial charge in [0.2, 0.25) is 11.8 Å². The summed E-state index contributed by atoms with van der Waals surface area (Å²) in [6.45, 7) is 5.24. The van der Waals surface area contributed by atoms with Gasteiger partial charge in [0.1, 0.15) is 11.8 Å². The summed E-state index contributed by atoms with van der Waals surface area (Å²) < 4.78 is 5.32. The molecule has 0 aromatic heterocycles. The van der Waals surface area contributed by atoms with Crippen molar-refractivity contribution < 1.29 is 14.3 Å². The largest absolute Gasteiger partial charge is 0.496 e. The van der Waals surface area contributed by atoms with Gasteiger partial charge in [-0.1, -0.05) is 32.0 Å². The molecule has 1 N–H and O–H groups in total. The number of hydrogen-bond acceptors (Lipinski definition) is 3. The second kappa shape index (κ2) is 8.71. The summed E-state index contributed by atoms with van der Waals surface area (Å²) in [5.41, 5.74) is 0.932. The number of rotatable bonds is 7. The van der Waals surface area contributed by atoms with Crippen molar-refractivity contribution in [1.82, 2.24) is 10.2 Å². The maximum Gasteiger partial charge on any atom is 0.243 e. The van der Waals surface area contributed by atoms with Crippen molar-refractivity contribution in [3.63, 3.8) is 0 Å². The number of carbonyl (C=O) groups is 2. The van der Waals surface area contributed by atoms with E-state index in [1.54, 1.807) is 12.0 Å². The number of benzene rings is 1. The molecule has 0 saturated carbocycles. The highest BCUT2D eigenvalue weighted by Crippen LogP contribution is 2.20. The Morgan fingerprint density at radius 3 is 2.71 bits per heavy atom. The summed E-state index contributed by atoms with van der Waals surface area (Å²) in [5.74, 6) is 1.12. The number of methoxy groups -OCH3 is 1. The molecule has 1 aliphatic heterocycles. The van der Waals surface area contributed by atoms with E-state index in [-0.39, 0.29) is 17.9 Å². The highest BCUT2D eigenvalue weighted by molar-refractivity contribution is 5.88. The summed E-state index contributed by atoms with van der Waals surface area (Å²) >= 11 is 0. The van der Waals surface area contributed by atoms with Crippen LogP contribution in [-0.4, -0.2) is 36.4 Å². The van der Waals surface area contributed by atoms with Crippen molar-refractivity contribution in [2.24, 2.45) is 5.92 Å². The normalized spacial score (nSPS) is 16.2. The van der Waals surface area contributed by atoms with Crippen LogP contribution in [0.5, 0.6) is 5.75 Å². The molecule has 24 heavy (non-hydrogen) atoms. The monoisotopic (exact) mass is 332 g/mol. The van der Waals surface area contributed by atoms with Crippen LogP contribution in [0.2, 0.25) is 0 Å². The molecular formula is C19H28N2O3.